The Hall–Kier alpha value is -1.35. The molecular formula is C12H17N3. The van der Waals surface area contributed by atoms with Gasteiger partial charge in [0.05, 0.1) is 5.52 Å². The van der Waals surface area contributed by atoms with Crippen LogP contribution in [0, 0.1) is 0 Å². The van der Waals surface area contributed by atoms with Crippen molar-refractivity contribution in [3.8, 4) is 0 Å². The van der Waals surface area contributed by atoms with E-state index in [0.717, 1.165) is 18.4 Å². The zero-order valence-electron chi connectivity index (χ0n) is 9.27. The maximum Gasteiger partial charge on any atom is 0.0926 e. The van der Waals surface area contributed by atoms with Crippen LogP contribution in [-0.2, 0) is 13.5 Å². The van der Waals surface area contributed by atoms with Crippen LogP contribution < -0.4 is 5.73 Å². The SMILES string of the molecule is CC(N)CCc1c2ccccc2nn1C. The Morgan fingerprint density at radius 3 is 2.87 bits per heavy atom. The van der Waals surface area contributed by atoms with E-state index in [1.54, 1.807) is 0 Å². The Balaban J connectivity index is 2.36. The lowest BCUT2D eigenvalue weighted by molar-refractivity contribution is 0.627. The van der Waals surface area contributed by atoms with Gasteiger partial charge in [0, 0.05) is 24.2 Å². The summed E-state index contributed by atoms with van der Waals surface area (Å²) >= 11 is 0. The molecule has 0 amide bonds. The lowest BCUT2D eigenvalue weighted by Crippen LogP contribution is -2.16. The van der Waals surface area contributed by atoms with Crippen LogP contribution in [0.25, 0.3) is 10.9 Å². The third-order valence-corrected chi connectivity index (χ3v) is 2.70. The van der Waals surface area contributed by atoms with E-state index in [-0.39, 0.29) is 6.04 Å². The molecule has 0 spiro atoms. The molecule has 0 fully saturated rings. The van der Waals surface area contributed by atoms with Crippen molar-refractivity contribution in [2.45, 2.75) is 25.8 Å². The summed E-state index contributed by atoms with van der Waals surface area (Å²) in [6.07, 6.45) is 2.00. The van der Waals surface area contributed by atoms with Crippen molar-refractivity contribution in [1.82, 2.24) is 9.78 Å². The average Bonchev–Trinajstić information content (AvgIpc) is 2.50. The molecule has 15 heavy (non-hydrogen) atoms. The molecule has 2 aromatic rings. The number of rotatable bonds is 3. The van der Waals surface area contributed by atoms with Crippen LogP contribution in [0.15, 0.2) is 24.3 Å². The van der Waals surface area contributed by atoms with Crippen LogP contribution in [0.5, 0.6) is 0 Å². The van der Waals surface area contributed by atoms with Gasteiger partial charge >= 0.3 is 0 Å². The Kier molecular flexibility index (Phi) is 2.73. The summed E-state index contributed by atoms with van der Waals surface area (Å²) in [4.78, 5) is 0. The molecule has 80 valence electrons. The van der Waals surface area contributed by atoms with Crippen LogP contribution in [0.1, 0.15) is 19.0 Å². The van der Waals surface area contributed by atoms with Gasteiger partial charge in [-0.2, -0.15) is 5.10 Å². The van der Waals surface area contributed by atoms with E-state index in [2.05, 4.69) is 17.2 Å². The molecule has 1 unspecified atom stereocenters. The largest absolute Gasteiger partial charge is 0.328 e. The smallest absolute Gasteiger partial charge is 0.0926 e. The topological polar surface area (TPSA) is 43.8 Å². The number of benzene rings is 1. The summed E-state index contributed by atoms with van der Waals surface area (Å²) < 4.78 is 1.97. The molecule has 2 N–H and O–H groups in total. The molecule has 1 aromatic heterocycles. The van der Waals surface area contributed by atoms with Gasteiger partial charge in [-0.25, -0.2) is 0 Å². The number of hydrogen-bond donors (Lipinski definition) is 1. The first kappa shape index (κ1) is 10.2. The summed E-state index contributed by atoms with van der Waals surface area (Å²) in [5.74, 6) is 0. The minimum absolute atomic E-state index is 0.249. The quantitative estimate of drug-likeness (QED) is 0.827. The second-order valence-corrected chi connectivity index (χ2v) is 4.10. The van der Waals surface area contributed by atoms with Crippen molar-refractivity contribution in [1.29, 1.82) is 0 Å². The summed E-state index contributed by atoms with van der Waals surface area (Å²) in [7, 11) is 2.00. The maximum atomic E-state index is 5.77. The fourth-order valence-electron chi connectivity index (χ4n) is 1.86. The molecule has 1 atom stereocenters. The molecule has 1 aromatic carbocycles. The first-order valence-electron chi connectivity index (χ1n) is 5.34. The fraction of sp³-hybridized carbons (Fsp3) is 0.417. The zero-order chi connectivity index (χ0) is 10.8. The van der Waals surface area contributed by atoms with E-state index in [9.17, 15) is 0 Å². The van der Waals surface area contributed by atoms with E-state index in [1.165, 1.54) is 11.1 Å². The highest BCUT2D eigenvalue weighted by molar-refractivity contribution is 5.81. The van der Waals surface area contributed by atoms with Gasteiger partial charge in [-0.05, 0) is 25.8 Å². The molecule has 0 aliphatic rings. The van der Waals surface area contributed by atoms with E-state index in [1.807, 2.05) is 30.8 Å². The first-order chi connectivity index (χ1) is 7.18. The van der Waals surface area contributed by atoms with Gasteiger partial charge in [-0.1, -0.05) is 18.2 Å². The van der Waals surface area contributed by atoms with Gasteiger partial charge < -0.3 is 5.73 Å². The molecular weight excluding hydrogens is 186 g/mol. The number of nitrogens with two attached hydrogens (primary N) is 1. The van der Waals surface area contributed by atoms with Crippen LogP contribution in [-0.4, -0.2) is 15.8 Å². The third kappa shape index (κ3) is 2.02. The third-order valence-electron chi connectivity index (χ3n) is 2.70. The highest BCUT2D eigenvalue weighted by Gasteiger charge is 2.08. The Morgan fingerprint density at radius 1 is 1.40 bits per heavy atom. The van der Waals surface area contributed by atoms with Crippen molar-refractivity contribution < 1.29 is 0 Å². The lowest BCUT2D eigenvalue weighted by atomic mass is 10.1. The first-order valence-corrected chi connectivity index (χ1v) is 5.34. The second-order valence-electron chi connectivity index (χ2n) is 4.10. The molecule has 0 radical (unpaired) electrons. The van der Waals surface area contributed by atoms with Crippen molar-refractivity contribution in [3.05, 3.63) is 30.0 Å². The van der Waals surface area contributed by atoms with Crippen molar-refractivity contribution in [3.63, 3.8) is 0 Å². The predicted molar refractivity (Wildman–Crippen MR) is 62.7 cm³/mol. The molecule has 1 heterocycles. The van der Waals surface area contributed by atoms with E-state index >= 15 is 0 Å². The molecule has 0 bridgehead atoms. The van der Waals surface area contributed by atoms with Crippen LogP contribution in [0.2, 0.25) is 0 Å². The van der Waals surface area contributed by atoms with Gasteiger partial charge in [0.2, 0.25) is 0 Å². The van der Waals surface area contributed by atoms with Crippen molar-refractivity contribution in [2.24, 2.45) is 12.8 Å². The Bertz CT molecular complexity index is 457. The highest BCUT2D eigenvalue weighted by atomic mass is 15.3. The summed E-state index contributed by atoms with van der Waals surface area (Å²) in [6, 6.07) is 8.49. The molecule has 0 aliphatic carbocycles. The summed E-state index contributed by atoms with van der Waals surface area (Å²) in [6.45, 7) is 2.04. The van der Waals surface area contributed by atoms with Crippen LogP contribution in [0.4, 0.5) is 0 Å². The molecule has 2 rings (SSSR count). The van der Waals surface area contributed by atoms with Gasteiger partial charge in [0.25, 0.3) is 0 Å². The lowest BCUT2D eigenvalue weighted by Gasteiger charge is -2.05. The van der Waals surface area contributed by atoms with E-state index < -0.39 is 0 Å². The Morgan fingerprint density at radius 2 is 2.13 bits per heavy atom. The molecule has 0 saturated carbocycles. The number of aryl methyl sites for hydroxylation is 2. The van der Waals surface area contributed by atoms with Crippen molar-refractivity contribution in [2.75, 3.05) is 0 Å². The molecule has 0 saturated heterocycles. The van der Waals surface area contributed by atoms with E-state index in [0.29, 0.717) is 0 Å². The normalized spacial score (nSPS) is 13.3. The van der Waals surface area contributed by atoms with Gasteiger partial charge in [0.1, 0.15) is 0 Å². The molecule has 0 aliphatic heterocycles. The van der Waals surface area contributed by atoms with E-state index in [4.69, 9.17) is 5.73 Å². The average molecular weight is 203 g/mol. The standard InChI is InChI=1S/C12H17N3/c1-9(13)7-8-12-10-5-3-4-6-11(10)14-15(12)2/h3-6,9H,7-8,13H2,1-2H3. The van der Waals surface area contributed by atoms with Gasteiger partial charge in [0.15, 0.2) is 0 Å². The van der Waals surface area contributed by atoms with Crippen LogP contribution in [0.3, 0.4) is 0 Å². The number of fused-ring (bicyclic) bond motifs is 1. The molecule has 3 nitrogen and oxygen atoms in total. The van der Waals surface area contributed by atoms with Crippen LogP contribution >= 0.6 is 0 Å². The number of aromatic nitrogens is 2. The summed E-state index contributed by atoms with van der Waals surface area (Å²) in [5, 5.41) is 5.72. The number of hydrogen-bond acceptors (Lipinski definition) is 2. The van der Waals surface area contributed by atoms with Gasteiger partial charge in [-0.15, -0.1) is 0 Å². The molecule has 3 heteroatoms. The predicted octanol–water partition coefficient (Wildman–Crippen LogP) is 1.85. The minimum Gasteiger partial charge on any atom is -0.328 e. The highest BCUT2D eigenvalue weighted by Crippen LogP contribution is 2.18. The summed E-state index contributed by atoms with van der Waals surface area (Å²) in [5.41, 5.74) is 8.12. The second kappa shape index (κ2) is 4.03. The van der Waals surface area contributed by atoms with Gasteiger partial charge in [-0.3, -0.25) is 4.68 Å². The maximum absolute atomic E-state index is 5.77. The number of nitrogens with zero attached hydrogens (tertiary/aromatic N) is 2. The monoisotopic (exact) mass is 203 g/mol. The zero-order valence-corrected chi connectivity index (χ0v) is 9.27. The Labute approximate surface area is 89.9 Å². The fourth-order valence-corrected chi connectivity index (χ4v) is 1.86. The minimum atomic E-state index is 0.249. The van der Waals surface area contributed by atoms with Crippen molar-refractivity contribution >= 4 is 10.9 Å².